The van der Waals surface area contributed by atoms with E-state index in [0.29, 0.717) is 0 Å². The average molecular weight is 242 g/mol. The molecule has 0 aliphatic carbocycles. The summed E-state index contributed by atoms with van der Waals surface area (Å²) in [4.78, 5) is 26.4. The Labute approximate surface area is 102 Å². The van der Waals surface area contributed by atoms with Crippen molar-refractivity contribution in [3.05, 3.63) is 0 Å². The molecule has 0 aromatic heterocycles. The molecule has 0 saturated carbocycles. The van der Waals surface area contributed by atoms with Crippen LogP contribution in [0.15, 0.2) is 0 Å². The molecular formula is C12H22N2O3. The van der Waals surface area contributed by atoms with Gasteiger partial charge in [0.2, 0.25) is 0 Å². The molecule has 1 heterocycles. The zero-order valence-corrected chi connectivity index (χ0v) is 10.9. The molecule has 0 radical (unpaired) electrons. The molecule has 1 rings (SSSR count). The second-order valence-corrected chi connectivity index (χ2v) is 5.44. The molecule has 1 N–H and O–H groups in total. The van der Waals surface area contributed by atoms with Crippen molar-refractivity contribution in [2.24, 2.45) is 0 Å². The molecule has 0 spiro atoms. The number of carbonyl (C=O) groups excluding carboxylic acids is 1. The third-order valence-electron chi connectivity index (χ3n) is 2.97. The first kappa shape index (κ1) is 13.8. The summed E-state index contributed by atoms with van der Waals surface area (Å²) in [5, 5.41) is 8.72. The molecule has 0 unspecified atom stereocenters. The highest BCUT2D eigenvalue weighted by atomic mass is 16.4. The van der Waals surface area contributed by atoms with Crippen LogP contribution in [0.5, 0.6) is 0 Å². The van der Waals surface area contributed by atoms with E-state index in [-0.39, 0.29) is 24.5 Å². The number of urea groups is 1. The van der Waals surface area contributed by atoms with Gasteiger partial charge < -0.3 is 14.9 Å². The molecule has 5 nitrogen and oxygen atoms in total. The van der Waals surface area contributed by atoms with Gasteiger partial charge in [0.15, 0.2) is 0 Å². The van der Waals surface area contributed by atoms with Crippen molar-refractivity contribution < 1.29 is 14.7 Å². The van der Waals surface area contributed by atoms with Crippen LogP contribution < -0.4 is 0 Å². The van der Waals surface area contributed by atoms with Gasteiger partial charge in [0.05, 0.1) is 6.42 Å². The van der Waals surface area contributed by atoms with Crippen LogP contribution in [-0.4, -0.2) is 52.1 Å². The predicted octanol–water partition coefficient (Wildman–Crippen LogP) is 1.78. The molecule has 2 amide bonds. The van der Waals surface area contributed by atoms with Crippen molar-refractivity contribution in [2.75, 3.05) is 19.6 Å². The van der Waals surface area contributed by atoms with Crippen molar-refractivity contribution in [3.8, 4) is 0 Å². The fourth-order valence-corrected chi connectivity index (χ4v) is 2.00. The molecule has 0 bridgehead atoms. The number of carboxylic acids is 1. The van der Waals surface area contributed by atoms with Crippen LogP contribution in [0.3, 0.4) is 0 Å². The quantitative estimate of drug-likeness (QED) is 0.820. The van der Waals surface area contributed by atoms with E-state index in [1.54, 1.807) is 4.90 Å². The zero-order chi connectivity index (χ0) is 13.1. The maximum atomic E-state index is 12.3. The van der Waals surface area contributed by atoms with Gasteiger partial charge in [0.25, 0.3) is 0 Å². The summed E-state index contributed by atoms with van der Waals surface area (Å²) in [6.45, 7) is 7.65. The van der Waals surface area contributed by atoms with Gasteiger partial charge >= 0.3 is 12.0 Å². The monoisotopic (exact) mass is 242 g/mol. The Balaban J connectivity index is 2.68. The van der Waals surface area contributed by atoms with Gasteiger partial charge in [-0.25, -0.2) is 4.79 Å². The molecule has 0 aromatic carbocycles. The van der Waals surface area contributed by atoms with E-state index in [1.807, 2.05) is 25.7 Å². The first-order valence-corrected chi connectivity index (χ1v) is 6.10. The summed E-state index contributed by atoms with van der Waals surface area (Å²) in [6.07, 6.45) is 2.09. The zero-order valence-electron chi connectivity index (χ0n) is 10.9. The lowest BCUT2D eigenvalue weighted by Crippen LogP contribution is -2.51. The van der Waals surface area contributed by atoms with Gasteiger partial charge in [-0.3, -0.25) is 4.79 Å². The van der Waals surface area contributed by atoms with Crippen LogP contribution >= 0.6 is 0 Å². The summed E-state index contributed by atoms with van der Waals surface area (Å²) >= 11 is 0. The molecule has 0 aromatic rings. The molecule has 98 valence electrons. The molecule has 5 heteroatoms. The van der Waals surface area contributed by atoms with Crippen molar-refractivity contribution in [1.29, 1.82) is 0 Å². The molecule has 17 heavy (non-hydrogen) atoms. The minimum Gasteiger partial charge on any atom is -0.481 e. The lowest BCUT2D eigenvalue weighted by Gasteiger charge is -2.38. The topological polar surface area (TPSA) is 60.9 Å². The van der Waals surface area contributed by atoms with Crippen molar-refractivity contribution in [2.45, 2.75) is 45.6 Å². The summed E-state index contributed by atoms with van der Waals surface area (Å²) in [6, 6.07) is -0.0312. The van der Waals surface area contributed by atoms with Crippen LogP contribution in [-0.2, 0) is 4.79 Å². The maximum Gasteiger partial charge on any atom is 0.320 e. The van der Waals surface area contributed by atoms with Crippen LogP contribution in [0.2, 0.25) is 0 Å². The van der Waals surface area contributed by atoms with Crippen LogP contribution in [0, 0.1) is 0 Å². The van der Waals surface area contributed by atoms with Gasteiger partial charge in [-0.05, 0) is 33.6 Å². The fraction of sp³-hybridized carbons (Fsp3) is 0.833. The van der Waals surface area contributed by atoms with Crippen molar-refractivity contribution >= 4 is 12.0 Å². The Morgan fingerprint density at radius 2 is 1.76 bits per heavy atom. The van der Waals surface area contributed by atoms with E-state index in [2.05, 4.69) is 0 Å². The summed E-state index contributed by atoms with van der Waals surface area (Å²) in [5.41, 5.74) is -0.338. The Kier molecular flexibility index (Phi) is 4.37. The van der Waals surface area contributed by atoms with Crippen molar-refractivity contribution in [3.63, 3.8) is 0 Å². The largest absolute Gasteiger partial charge is 0.481 e. The molecule has 1 aliphatic rings. The summed E-state index contributed by atoms with van der Waals surface area (Å²) in [7, 11) is 0. The number of likely N-dealkylation sites (tertiary alicyclic amines) is 1. The number of amides is 2. The van der Waals surface area contributed by atoms with E-state index >= 15 is 0 Å². The van der Waals surface area contributed by atoms with E-state index in [9.17, 15) is 9.59 Å². The van der Waals surface area contributed by atoms with Gasteiger partial charge in [-0.1, -0.05) is 0 Å². The summed E-state index contributed by atoms with van der Waals surface area (Å²) < 4.78 is 0. The van der Waals surface area contributed by atoms with Crippen LogP contribution in [0.25, 0.3) is 0 Å². The smallest absolute Gasteiger partial charge is 0.320 e. The third-order valence-corrected chi connectivity index (χ3v) is 2.97. The highest BCUT2D eigenvalue weighted by molar-refractivity contribution is 5.76. The Bertz CT molecular complexity index is 291. The number of hydrogen-bond acceptors (Lipinski definition) is 2. The minimum atomic E-state index is -0.867. The molecule has 1 aliphatic heterocycles. The van der Waals surface area contributed by atoms with Crippen LogP contribution in [0.1, 0.15) is 40.0 Å². The van der Waals surface area contributed by atoms with E-state index in [1.165, 1.54) is 0 Å². The lowest BCUT2D eigenvalue weighted by molar-refractivity contribution is -0.137. The first-order valence-electron chi connectivity index (χ1n) is 6.10. The maximum absolute atomic E-state index is 12.3. The van der Waals surface area contributed by atoms with E-state index < -0.39 is 5.97 Å². The molecule has 1 saturated heterocycles. The Morgan fingerprint density at radius 3 is 2.18 bits per heavy atom. The lowest BCUT2D eigenvalue weighted by atomic mass is 10.1. The number of rotatable bonds is 3. The number of aliphatic carboxylic acids is 1. The van der Waals surface area contributed by atoms with E-state index in [0.717, 1.165) is 25.9 Å². The molecule has 1 fully saturated rings. The third kappa shape index (κ3) is 3.91. The van der Waals surface area contributed by atoms with Gasteiger partial charge in [-0.2, -0.15) is 0 Å². The molecule has 0 atom stereocenters. The number of carboxylic acid groups (broad SMARTS) is 1. The highest BCUT2D eigenvalue weighted by Gasteiger charge is 2.31. The highest BCUT2D eigenvalue weighted by Crippen LogP contribution is 2.19. The Morgan fingerprint density at radius 1 is 1.24 bits per heavy atom. The van der Waals surface area contributed by atoms with Crippen LogP contribution in [0.4, 0.5) is 4.79 Å². The van der Waals surface area contributed by atoms with Gasteiger partial charge in [0.1, 0.15) is 0 Å². The standard InChI is InChI=1S/C12H22N2O3/c1-12(2,3)14(9-6-10(15)16)11(17)13-7-4-5-8-13/h4-9H2,1-3H3,(H,15,16). The first-order chi connectivity index (χ1) is 7.82. The fourth-order valence-electron chi connectivity index (χ4n) is 2.00. The summed E-state index contributed by atoms with van der Waals surface area (Å²) in [5.74, 6) is -0.867. The number of carbonyl (C=O) groups is 2. The number of hydrogen-bond donors (Lipinski definition) is 1. The second kappa shape index (κ2) is 5.38. The Hall–Kier alpha value is -1.26. The average Bonchev–Trinajstić information content (AvgIpc) is 2.67. The normalized spacial score (nSPS) is 16.1. The predicted molar refractivity (Wildman–Crippen MR) is 64.9 cm³/mol. The van der Waals surface area contributed by atoms with Gasteiger partial charge in [0, 0.05) is 25.2 Å². The SMILES string of the molecule is CC(C)(C)N(CCC(=O)O)C(=O)N1CCCC1. The van der Waals surface area contributed by atoms with Crippen molar-refractivity contribution in [1.82, 2.24) is 9.80 Å². The minimum absolute atomic E-state index is 0.00313. The van der Waals surface area contributed by atoms with E-state index in [4.69, 9.17) is 5.11 Å². The second-order valence-electron chi connectivity index (χ2n) is 5.44. The molecular weight excluding hydrogens is 220 g/mol. The number of nitrogens with zero attached hydrogens (tertiary/aromatic N) is 2. The van der Waals surface area contributed by atoms with Gasteiger partial charge in [-0.15, -0.1) is 0 Å².